The molecule has 0 aliphatic heterocycles. The van der Waals surface area contributed by atoms with Crippen LogP contribution in [0.1, 0.15) is 39.5 Å². The van der Waals surface area contributed by atoms with E-state index in [1.54, 1.807) is 14.2 Å². The zero-order valence-electron chi connectivity index (χ0n) is 12.7. The normalized spacial score (nSPS) is 15.0. The molecular weight excluding hydrogens is 228 g/mol. The maximum Gasteiger partial charge on any atom is 0.0589 e. The second kappa shape index (κ2) is 10.7. The Bertz CT molecular complexity index is 177. The summed E-state index contributed by atoms with van der Waals surface area (Å²) in [6, 6.07) is 0. The first kappa shape index (κ1) is 17.8. The Balaban J connectivity index is 4.68. The standard InChI is InChI=1S/C14H32N2O2/c1-5-7-8-14(6-2,13-15)16(9-11-17-3)10-12-18-4/h5-13,15H2,1-4H3. The summed E-state index contributed by atoms with van der Waals surface area (Å²) in [5.74, 6) is 0. The first-order valence-electron chi connectivity index (χ1n) is 7.13. The second-order valence-electron chi connectivity index (χ2n) is 4.86. The van der Waals surface area contributed by atoms with Crippen LogP contribution in [-0.4, -0.2) is 57.5 Å². The molecule has 0 rings (SSSR count). The summed E-state index contributed by atoms with van der Waals surface area (Å²) < 4.78 is 10.4. The molecule has 0 aliphatic rings. The number of rotatable bonds is 12. The zero-order valence-corrected chi connectivity index (χ0v) is 12.7. The predicted molar refractivity (Wildman–Crippen MR) is 76.9 cm³/mol. The molecule has 4 heteroatoms. The molecule has 18 heavy (non-hydrogen) atoms. The van der Waals surface area contributed by atoms with E-state index < -0.39 is 0 Å². The fourth-order valence-electron chi connectivity index (χ4n) is 2.43. The van der Waals surface area contributed by atoms with E-state index in [1.165, 1.54) is 12.8 Å². The van der Waals surface area contributed by atoms with Crippen LogP contribution >= 0.6 is 0 Å². The fraction of sp³-hybridized carbons (Fsp3) is 1.00. The van der Waals surface area contributed by atoms with Crippen molar-refractivity contribution >= 4 is 0 Å². The Hall–Kier alpha value is -0.160. The molecule has 2 N–H and O–H groups in total. The van der Waals surface area contributed by atoms with Gasteiger partial charge in [0.2, 0.25) is 0 Å². The van der Waals surface area contributed by atoms with E-state index in [0.29, 0.717) is 6.54 Å². The van der Waals surface area contributed by atoms with Crippen molar-refractivity contribution in [1.82, 2.24) is 4.90 Å². The fourth-order valence-corrected chi connectivity index (χ4v) is 2.43. The van der Waals surface area contributed by atoms with Gasteiger partial charge in [-0.3, -0.25) is 4.90 Å². The van der Waals surface area contributed by atoms with Crippen molar-refractivity contribution in [2.75, 3.05) is 47.1 Å². The van der Waals surface area contributed by atoms with Crippen molar-refractivity contribution in [3.63, 3.8) is 0 Å². The van der Waals surface area contributed by atoms with Crippen molar-refractivity contribution in [1.29, 1.82) is 0 Å². The van der Waals surface area contributed by atoms with Gasteiger partial charge in [-0.25, -0.2) is 0 Å². The van der Waals surface area contributed by atoms with Crippen LogP contribution in [0.4, 0.5) is 0 Å². The predicted octanol–water partition coefficient (Wildman–Crippen LogP) is 1.88. The second-order valence-corrected chi connectivity index (χ2v) is 4.86. The number of unbranched alkanes of at least 4 members (excludes halogenated alkanes) is 1. The lowest BCUT2D eigenvalue weighted by molar-refractivity contribution is 0.0281. The van der Waals surface area contributed by atoms with Gasteiger partial charge in [0, 0.05) is 39.4 Å². The lowest BCUT2D eigenvalue weighted by atomic mass is 9.87. The molecule has 0 aromatic rings. The van der Waals surface area contributed by atoms with E-state index in [-0.39, 0.29) is 5.54 Å². The van der Waals surface area contributed by atoms with Gasteiger partial charge in [0.05, 0.1) is 13.2 Å². The monoisotopic (exact) mass is 260 g/mol. The number of ether oxygens (including phenoxy) is 2. The number of hydrogen-bond acceptors (Lipinski definition) is 4. The molecule has 1 atom stereocenters. The summed E-state index contributed by atoms with van der Waals surface area (Å²) >= 11 is 0. The van der Waals surface area contributed by atoms with Crippen LogP contribution < -0.4 is 5.73 Å². The highest BCUT2D eigenvalue weighted by atomic mass is 16.5. The average Bonchev–Trinajstić information content (AvgIpc) is 2.42. The Morgan fingerprint density at radius 3 is 1.94 bits per heavy atom. The van der Waals surface area contributed by atoms with Crippen molar-refractivity contribution in [3.05, 3.63) is 0 Å². The van der Waals surface area contributed by atoms with E-state index in [0.717, 1.165) is 39.1 Å². The van der Waals surface area contributed by atoms with Crippen LogP contribution in [0.5, 0.6) is 0 Å². The minimum Gasteiger partial charge on any atom is -0.383 e. The summed E-state index contributed by atoms with van der Waals surface area (Å²) in [5, 5.41) is 0. The third-order valence-corrected chi connectivity index (χ3v) is 3.84. The first-order chi connectivity index (χ1) is 8.70. The topological polar surface area (TPSA) is 47.7 Å². The molecule has 0 fully saturated rings. The lowest BCUT2D eigenvalue weighted by Crippen LogP contribution is -2.55. The summed E-state index contributed by atoms with van der Waals surface area (Å²) in [6.45, 7) is 8.51. The summed E-state index contributed by atoms with van der Waals surface area (Å²) in [4.78, 5) is 2.45. The van der Waals surface area contributed by atoms with Crippen molar-refractivity contribution < 1.29 is 9.47 Å². The molecule has 0 amide bonds. The minimum absolute atomic E-state index is 0.104. The average molecular weight is 260 g/mol. The van der Waals surface area contributed by atoms with Gasteiger partial charge in [0.1, 0.15) is 0 Å². The van der Waals surface area contributed by atoms with Gasteiger partial charge in [0.15, 0.2) is 0 Å². The van der Waals surface area contributed by atoms with E-state index in [2.05, 4.69) is 18.7 Å². The van der Waals surface area contributed by atoms with Gasteiger partial charge < -0.3 is 15.2 Å². The van der Waals surface area contributed by atoms with E-state index >= 15 is 0 Å². The highest BCUT2D eigenvalue weighted by Crippen LogP contribution is 2.25. The Kier molecular flexibility index (Phi) is 10.6. The molecule has 0 spiro atoms. The third kappa shape index (κ3) is 5.65. The van der Waals surface area contributed by atoms with E-state index in [4.69, 9.17) is 15.2 Å². The van der Waals surface area contributed by atoms with Crippen molar-refractivity contribution in [2.24, 2.45) is 5.73 Å². The molecule has 0 saturated carbocycles. The van der Waals surface area contributed by atoms with Crippen LogP contribution in [0.2, 0.25) is 0 Å². The molecule has 0 bridgehead atoms. The molecule has 0 radical (unpaired) electrons. The zero-order chi connectivity index (χ0) is 13.9. The lowest BCUT2D eigenvalue weighted by Gasteiger charge is -2.43. The minimum atomic E-state index is 0.104. The van der Waals surface area contributed by atoms with Crippen molar-refractivity contribution in [3.8, 4) is 0 Å². The van der Waals surface area contributed by atoms with Crippen LogP contribution in [0.15, 0.2) is 0 Å². The van der Waals surface area contributed by atoms with Crippen LogP contribution in [0.3, 0.4) is 0 Å². The molecule has 0 aliphatic carbocycles. The van der Waals surface area contributed by atoms with Gasteiger partial charge in [0.25, 0.3) is 0 Å². The van der Waals surface area contributed by atoms with Gasteiger partial charge in [-0.05, 0) is 12.8 Å². The quantitative estimate of drug-likeness (QED) is 0.582. The molecule has 0 aromatic heterocycles. The van der Waals surface area contributed by atoms with Crippen LogP contribution in [0, 0.1) is 0 Å². The van der Waals surface area contributed by atoms with E-state index in [1.807, 2.05) is 0 Å². The Labute approximate surface area is 113 Å². The first-order valence-corrected chi connectivity index (χ1v) is 7.13. The summed E-state index contributed by atoms with van der Waals surface area (Å²) in [5.41, 5.74) is 6.18. The molecule has 1 unspecified atom stereocenters. The van der Waals surface area contributed by atoms with Gasteiger partial charge >= 0.3 is 0 Å². The number of methoxy groups -OCH3 is 2. The largest absolute Gasteiger partial charge is 0.383 e. The van der Waals surface area contributed by atoms with Gasteiger partial charge in [-0.1, -0.05) is 26.7 Å². The van der Waals surface area contributed by atoms with Crippen LogP contribution in [-0.2, 0) is 9.47 Å². The highest BCUT2D eigenvalue weighted by molar-refractivity contribution is 4.90. The van der Waals surface area contributed by atoms with E-state index in [9.17, 15) is 0 Å². The maximum atomic E-state index is 6.08. The molecule has 0 heterocycles. The van der Waals surface area contributed by atoms with Gasteiger partial charge in [-0.2, -0.15) is 0 Å². The van der Waals surface area contributed by atoms with Gasteiger partial charge in [-0.15, -0.1) is 0 Å². The summed E-state index contributed by atoms with van der Waals surface area (Å²) in [7, 11) is 3.49. The Morgan fingerprint density at radius 2 is 1.61 bits per heavy atom. The molecule has 110 valence electrons. The molecule has 0 aromatic carbocycles. The molecule has 4 nitrogen and oxygen atoms in total. The van der Waals surface area contributed by atoms with Crippen molar-refractivity contribution in [2.45, 2.75) is 45.1 Å². The maximum absolute atomic E-state index is 6.08. The number of nitrogens with zero attached hydrogens (tertiary/aromatic N) is 1. The number of nitrogens with two attached hydrogens (primary N) is 1. The summed E-state index contributed by atoms with van der Waals surface area (Å²) in [6.07, 6.45) is 4.67. The SMILES string of the molecule is CCCCC(CC)(CN)N(CCOC)CCOC. The molecular formula is C14H32N2O2. The number of hydrogen-bond donors (Lipinski definition) is 1. The Morgan fingerprint density at radius 1 is 1.06 bits per heavy atom. The smallest absolute Gasteiger partial charge is 0.0589 e. The highest BCUT2D eigenvalue weighted by Gasteiger charge is 2.32. The molecule has 0 saturated heterocycles. The third-order valence-electron chi connectivity index (χ3n) is 3.84. The van der Waals surface area contributed by atoms with Crippen LogP contribution in [0.25, 0.3) is 0 Å².